The minimum atomic E-state index is -0.157. The highest BCUT2D eigenvalue weighted by molar-refractivity contribution is 9.11. The van der Waals surface area contributed by atoms with Crippen molar-refractivity contribution in [2.75, 3.05) is 0 Å². The highest BCUT2D eigenvalue weighted by Crippen LogP contribution is 2.38. The molecule has 1 heterocycles. The van der Waals surface area contributed by atoms with Crippen molar-refractivity contribution in [1.29, 1.82) is 0 Å². The van der Waals surface area contributed by atoms with E-state index in [-0.39, 0.29) is 12.1 Å². The Kier molecular flexibility index (Phi) is 4.62. The van der Waals surface area contributed by atoms with Crippen LogP contribution in [0.2, 0.25) is 0 Å². The fraction of sp³-hybridized carbons (Fsp3) is 0.733. The third kappa shape index (κ3) is 3.23. The van der Waals surface area contributed by atoms with Crippen LogP contribution in [0.3, 0.4) is 0 Å². The summed E-state index contributed by atoms with van der Waals surface area (Å²) < 4.78 is 1.24. The number of thiophene rings is 1. The van der Waals surface area contributed by atoms with E-state index in [1.54, 1.807) is 0 Å². The van der Waals surface area contributed by atoms with Gasteiger partial charge in [0.25, 0.3) is 0 Å². The molecule has 0 bridgehead atoms. The molecule has 0 amide bonds. The monoisotopic (exact) mass is 343 g/mol. The Morgan fingerprint density at radius 1 is 1.16 bits per heavy atom. The number of hydrogen-bond acceptors (Lipinski definition) is 3. The third-order valence-corrected chi connectivity index (χ3v) is 6.19. The number of fused-ring (bicyclic) bond motifs is 1. The topological polar surface area (TPSA) is 32.3 Å². The second kappa shape index (κ2) is 6.25. The van der Waals surface area contributed by atoms with E-state index in [0.29, 0.717) is 6.04 Å². The molecular formula is C15H22BrNOS. The first-order chi connectivity index (χ1) is 9.24. The van der Waals surface area contributed by atoms with Crippen LogP contribution < -0.4 is 5.32 Å². The molecule has 0 spiro atoms. The maximum Gasteiger partial charge on any atom is 0.0704 e. The molecule has 1 aromatic heterocycles. The van der Waals surface area contributed by atoms with E-state index in [9.17, 15) is 5.11 Å². The highest BCUT2D eigenvalue weighted by atomic mass is 79.9. The molecule has 0 aliphatic heterocycles. The van der Waals surface area contributed by atoms with Crippen molar-refractivity contribution in [3.05, 3.63) is 20.3 Å². The van der Waals surface area contributed by atoms with E-state index in [4.69, 9.17) is 0 Å². The van der Waals surface area contributed by atoms with Crippen LogP contribution in [-0.4, -0.2) is 17.3 Å². The van der Waals surface area contributed by atoms with Gasteiger partial charge in [0.05, 0.1) is 9.89 Å². The molecule has 3 unspecified atom stereocenters. The Hall–Kier alpha value is 0.100. The van der Waals surface area contributed by atoms with Gasteiger partial charge in [0.1, 0.15) is 0 Å². The van der Waals surface area contributed by atoms with Gasteiger partial charge < -0.3 is 10.4 Å². The van der Waals surface area contributed by atoms with Gasteiger partial charge >= 0.3 is 0 Å². The minimum Gasteiger partial charge on any atom is -0.392 e. The minimum absolute atomic E-state index is 0.157. The van der Waals surface area contributed by atoms with Crippen molar-refractivity contribution in [3.8, 4) is 0 Å². The van der Waals surface area contributed by atoms with Crippen LogP contribution in [0.5, 0.6) is 0 Å². The summed E-state index contributed by atoms with van der Waals surface area (Å²) in [5.74, 6) is 0. The second-order valence-corrected chi connectivity index (χ2v) is 8.37. The molecule has 2 nitrogen and oxygen atoms in total. The average molecular weight is 344 g/mol. The lowest BCUT2D eigenvalue weighted by atomic mass is 9.92. The van der Waals surface area contributed by atoms with Crippen LogP contribution >= 0.6 is 27.3 Å². The van der Waals surface area contributed by atoms with E-state index in [1.165, 1.54) is 52.8 Å². The predicted molar refractivity (Wildman–Crippen MR) is 83.7 cm³/mol. The number of aryl methyl sites for hydroxylation is 1. The number of aliphatic hydroxyl groups is 1. The molecule has 2 aliphatic rings. The third-order valence-electron chi connectivity index (χ3n) is 4.48. The summed E-state index contributed by atoms with van der Waals surface area (Å²) >= 11 is 5.49. The maximum atomic E-state index is 10.3. The lowest BCUT2D eigenvalue weighted by Gasteiger charge is -2.30. The largest absolute Gasteiger partial charge is 0.392 e. The average Bonchev–Trinajstić information content (AvgIpc) is 2.66. The van der Waals surface area contributed by atoms with Crippen molar-refractivity contribution in [3.63, 3.8) is 0 Å². The molecule has 3 atom stereocenters. The molecule has 0 radical (unpaired) electrons. The summed E-state index contributed by atoms with van der Waals surface area (Å²) in [4.78, 5) is 1.53. The molecule has 106 valence electrons. The first-order valence-corrected chi connectivity index (χ1v) is 9.07. The van der Waals surface area contributed by atoms with Crippen LogP contribution in [0.15, 0.2) is 9.85 Å². The van der Waals surface area contributed by atoms with Gasteiger partial charge in [-0.25, -0.2) is 0 Å². The second-order valence-electron chi connectivity index (χ2n) is 5.85. The molecule has 19 heavy (non-hydrogen) atoms. The zero-order valence-electron chi connectivity index (χ0n) is 11.2. The van der Waals surface area contributed by atoms with Crippen molar-refractivity contribution in [1.82, 2.24) is 5.32 Å². The molecule has 1 saturated carbocycles. The first-order valence-electron chi connectivity index (χ1n) is 7.46. The summed E-state index contributed by atoms with van der Waals surface area (Å²) in [5.41, 5.74) is 1.47. The van der Waals surface area contributed by atoms with Crippen LogP contribution in [0.1, 0.15) is 61.4 Å². The van der Waals surface area contributed by atoms with Crippen molar-refractivity contribution in [2.45, 2.75) is 69.6 Å². The Bertz CT molecular complexity index is 434. The van der Waals surface area contributed by atoms with E-state index in [1.807, 2.05) is 11.3 Å². The highest BCUT2D eigenvalue weighted by Gasteiger charge is 2.28. The molecule has 0 saturated heterocycles. The van der Waals surface area contributed by atoms with Crippen molar-refractivity contribution in [2.24, 2.45) is 0 Å². The molecule has 2 aliphatic carbocycles. The van der Waals surface area contributed by atoms with Gasteiger partial charge in [0, 0.05) is 17.0 Å². The van der Waals surface area contributed by atoms with Crippen molar-refractivity contribution < 1.29 is 5.11 Å². The van der Waals surface area contributed by atoms with E-state index in [0.717, 1.165) is 12.8 Å². The van der Waals surface area contributed by atoms with Crippen LogP contribution in [0, 0.1) is 0 Å². The zero-order chi connectivity index (χ0) is 13.2. The first kappa shape index (κ1) is 14.1. The number of nitrogens with one attached hydrogen (secondary N) is 1. The van der Waals surface area contributed by atoms with Gasteiger partial charge in [-0.05, 0) is 59.7 Å². The van der Waals surface area contributed by atoms with Crippen molar-refractivity contribution >= 4 is 27.3 Å². The Labute approximate surface area is 127 Å². The van der Waals surface area contributed by atoms with Gasteiger partial charge in [-0.2, -0.15) is 0 Å². The Morgan fingerprint density at radius 3 is 2.89 bits per heavy atom. The fourth-order valence-corrected chi connectivity index (χ4v) is 5.25. The van der Waals surface area contributed by atoms with Crippen LogP contribution in [0.25, 0.3) is 0 Å². The summed E-state index contributed by atoms with van der Waals surface area (Å²) in [6.07, 6.45) is 9.32. The number of halogens is 1. The molecule has 2 N–H and O–H groups in total. The van der Waals surface area contributed by atoms with Gasteiger partial charge in [-0.15, -0.1) is 11.3 Å². The standard InChI is InChI=1S/C15H22BrNOS/c16-15-9-10-11(6-4-8-14(10)19-15)17-12-5-2-1-3-7-13(12)18/h9,11-13,17-18H,1-8H2. The van der Waals surface area contributed by atoms with E-state index < -0.39 is 0 Å². The molecular weight excluding hydrogens is 322 g/mol. The number of aliphatic hydroxyl groups excluding tert-OH is 1. The number of hydrogen-bond donors (Lipinski definition) is 2. The summed E-state index contributed by atoms with van der Waals surface area (Å²) in [5, 5.41) is 14.0. The zero-order valence-corrected chi connectivity index (χ0v) is 13.6. The quantitative estimate of drug-likeness (QED) is 0.789. The lowest BCUT2D eigenvalue weighted by molar-refractivity contribution is 0.112. The summed E-state index contributed by atoms with van der Waals surface area (Å²) in [7, 11) is 0. The molecule has 1 fully saturated rings. The van der Waals surface area contributed by atoms with Crippen LogP contribution in [-0.2, 0) is 6.42 Å². The fourth-order valence-electron chi connectivity index (χ4n) is 3.44. The molecule has 3 rings (SSSR count). The van der Waals surface area contributed by atoms with Gasteiger partial charge in [-0.1, -0.05) is 19.3 Å². The Balaban J connectivity index is 1.72. The SMILES string of the molecule is OC1CCCCCC1NC1CCCc2sc(Br)cc21. The molecule has 0 aromatic carbocycles. The summed E-state index contributed by atoms with van der Waals surface area (Å²) in [6.45, 7) is 0. The smallest absolute Gasteiger partial charge is 0.0704 e. The Morgan fingerprint density at radius 2 is 2.00 bits per heavy atom. The molecule has 4 heteroatoms. The predicted octanol–water partition coefficient (Wildman–Crippen LogP) is 4.17. The number of rotatable bonds is 2. The lowest BCUT2D eigenvalue weighted by Crippen LogP contribution is -2.42. The van der Waals surface area contributed by atoms with Crippen LogP contribution in [0.4, 0.5) is 0 Å². The maximum absolute atomic E-state index is 10.3. The van der Waals surface area contributed by atoms with E-state index in [2.05, 4.69) is 27.3 Å². The van der Waals surface area contributed by atoms with Gasteiger partial charge in [-0.3, -0.25) is 0 Å². The molecule has 1 aromatic rings. The van der Waals surface area contributed by atoms with Gasteiger partial charge in [0.2, 0.25) is 0 Å². The van der Waals surface area contributed by atoms with E-state index >= 15 is 0 Å². The summed E-state index contributed by atoms with van der Waals surface area (Å²) in [6, 6.07) is 3.01. The normalized spacial score (nSPS) is 31.8. The van der Waals surface area contributed by atoms with Gasteiger partial charge in [0.15, 0.2) is 0 Å².